The van der Waals surface area contributed by atoms with Crippen LogP contribution in [-0.2, 0) is 0 Å². The molecule has 5 rings (SSSR count). The van der Waals surface area contributed by atoms with Crippen molar-refractivity contribution in [2.75, 3.05) is 23.7 Å². The third kappa shape index (κ3) is 0.932. The molecule has 0 amide bonds. The number of piperidine rings is 1. The molecule has 3 N–H and O–H groups in total. The quantitative estimate of drug-likeness (QED) is 0.660. The van der Waals surface area contributed by atoms with Crippen LogP contribution in [0.5, 0.6) is 0 Å². The lowest BCUT2D eigenvalue weighted by molar-refractivity contribution is 0.475. The number of aromatic amines is 1. The number of H-pyrrole nitrogens is 1. The van der Waals surface area contributed by atoms with Crippen LogP contribution in [0.1, 0.15) is 24.3 Å². The van der Waals surface area contributed by atoms with Crippen LogP contribution < -0.4 is 10.6 Å². The first kappa shape index (κ1) is 8.50. The van der Waals surface area contributed by atoms with Crippen molar-refractivity contribution < 1.29 is 0 Å². The molecule has 0 unspecified atom stereocenters. The molecule has 1 aromatic carbocycles. The second-order valence-electron chi connectivity index (χ2n) is 4.95. The second-order valence-corrected chi connectivity index (χ2v) is 4.95. The van der Waals surface area contributed by atoms with Crippen LogP contribution >= 0.6 is 0 Å². The van der Waals surface area contributed by atoms with E-state index in [4.69, 9.17) is 5.73 Å². The molecule has 0 spiro atoms. The number of benzene rings is 1. The van der Waals surface area contributed by atoms with Crippen LogP contribution in [0.2, 0.25) is 0 Å². The summed E-state index contributed by atoms with van der Waals surface area (Å²) in [6.07, 6.45) is 2.62. The molecule has 3 nitrogen and oxygen atoms in total. The molecule has 1 aromatic heterocycles. The zero-order valence-electron chi connectivity index (χ0n) is 9.16. The van der Waals surface area contributed by atoms with Crippen molar-refractivity contribution in [1.82, 2.24) is 4.98 Å². The third-order valence-corrected chi connectivity index (χ3v) is 4.06. The number of nitrogens with two attached hydrogens (primary N) is 1. The van der Waals surface area contributed by atoms with Gasteiger partial charge in [-0.2, -0.15) is 0 Å². The standard InChI is InChI=1S/C13H15N3/c14-9-1-2-10-11(7-9)15-13-12(10)8-3-5-16(13)6-4-8/h1-2,7-8,15H,3-6,14H2. The minimum absolute atomic E-state index is 0.761. The summed E-state index contributed by atoms with van der Waals surface area (Å²) in [5.74, 6) is 2.11. The van der Waals surface area contributed by atoms with Gasteiger partial charge in [-0.05, 0) is 30.9 Å². The smallest absolute Gasteiger partial charge is 0.110 e. The van der Waals surface area contributed by atoms with Crippen LogP contribution in [0, 0.1) is 0 Å². The first-order valence-electron chi connectivity index (χ1n) is 5.99. The van der Waals surface area contributed by atoms with E-state index in [2.05, 4.69) is 16.0 Å². The summed E-state index contributed by atoms with van der Waals surface area (Å²) in [4.78, 5) is 6.01. The zero-order valence-corrected chi connectivity index (χ0v) is 9.16. The summed E-state index contributed by atoms with van der Waals surface area (Å²) in [5, 5.41) is 1.37. The van der Waals surface area contributed by atoms with E-state index in [1.165, 1.54) is 48.2 Å². The molecule has 3 aliphatic heterocycles. The number of nitrogens with one attached hydrogen (secondary N) is 1. The minimum Gasteiger partial charge on any atom is -0.399 e. The van der Waals surface area contributed by atoms with Gasteiger partial charge in [-0.25, -0.2) is 0 Å². The van der Waals surface area contributed by atoms with E-state index in [1.54, 1.807) is 0 Å². The molecule has 0 saturated carbocycles. The molecule has 2 aromatic rings. The Bertz CT molecular complexity index is 562. The average Bonchev–Trinajstić information content (AvgIpc) is 2.70. The number of rotatable bonds is 0. The highest BCUT2D eigenvalue weighted by Crippen LogP contribution is 2.45. The molecule has 2 bridgehead atoms. The Morgan fingerprint density at radius 1 is 1.25 bits per heavy atom. The minimum atomic E-state index is 0.761. The van der Waals surface area contributed by atoms with Crippen molar-refractivity contribution in [2.24, 2.45) is 0 Å². The highest BCUT2D eigenvalue weighted by Gasteiger charge is 2.33. The summed E-state index contributed by atoms with van der Waals surface area (Å²) >= 11 is 0. The van der Waals surface area contributed by atoms with Gasteiger partial charge in [0, 0.05) is 35.2 Å². The van der Waals surface area contributed by atoms with E-state index in [0.29, 0.717) is 0 Å². The van der Waals surface area contributed by atoms with Crippen LogP contribution in [0.3, 0.4) is 0 Å². The lowest BCUT2D eigenvalue weighted by Crippen LogP contribution is -2.38. The Balaban J connectivity index is 2.07. The van der Waals surface area contributed by atoms with Gasteiger partial charge in [-0.3, -0.25) is 0 Å². The maximum Gasteiger partial charge on any atom is 0.110 e. The molecule has 0 atom stereocenters. The molecule has 16 heavy (non-hydrogen) atoms. The first-order valence-corrected chi connectivity index (χ1v) is 5.99. The van der Waals surface area contributed by atoms with Crippen LogP contribution in [0.4, 0.5) is 11.5 Å². The van der Waals surface area contributed by atoms with Gasteiger partial charge in [0.25, 0.3) is 0 Å². The van der Waals surface area contributed by atoms with E-state index in [9.17, 15) is 0 Å². The maximum absolute atomic E-state index is 5.83. The highest BCUT2D eigenvalue weighted by atomic mass is 15.2. The molecular formula is C13H15N3. The Hall–Kier alpha value is -1.64. The van der Waals surface area contributed by atoms with Gasteiger partial charge in [0.05, 0.1) is 0 Å². The normalized spacial score (nSPS) is 19.4. The van der Waals surface area contributed by atoms with E-state index in [1.807, 2.05) is 12.1 Å². The fraction of sp³-hybridized carbons (Fsp3) is 0.385. The van der Waals surface area contributed by atoms with Gasteiger partial charge < -0.3 is 15.6 Å². The molecular weight excluding hydrogens is 198 g/mol. The van der Waals surface area contributed by atoms with Gasteiger partial charge in [-0.15, -0.1) is 0 Å². The zero-order chi connectivity index (χ0) is 10.7. The van der Waals surface area contributed by atoms with Crippen LogP contribution in [0.15, 0.2) is 18.2 Å². The van der Waals surface area contributed by atoms with Crippen molar-refractivity contribution in [3.05, 3.63) is 23.8 Å². The van der Waals surface area contributed by atoms with Crippen molar-refractivity contribution in [3.63, 3.8) is 0 Å². The number of anilines is 2. The number of fused-ring (bicyclic) bond motifs is 3. The average molecular weight is 213 g/mol. The largest absolute Gasteiger partial charge is 0.399 e. The van der Waals surface area contributed by atoms with E-state index >= 15 is 0 Å². The van der Waals surface area contributed by atoms with Crippen LogP contribution in [-0.4, -0.2) is 18.1 Å². The number of hydrogen-bond acceptors (Lipinski definition) is 2. The fourth-order valence-corrected chi connectivity index (χ4v) is 3.28. The van der Waals surface area contributed by atoms with Crippen molar-refractivity contribution in [1.29, 1.82) is 0 Å². The molecule has 0 radical (unpaired) electrons. The summed E-state index contributed by atoms with van der Waals surface area (Å²) in [6.45, 7) is 2.42. The number of aromatic nitrogens is 1. The fourth-order valence-electron chi connectivity index (χ4n) is 3.28. The van der Waals surface area contributed by atoms with E-state index < -0.39 is 0 Å². The number of nitrogens with zero attached hydrogens (tertiary/aromatic N) is 1. The second kappa shape index (κ2) is 2.73. The lowest BCUT2D eigenvalue weighted by atomic mass is 9.84. The number of nitrogen functional groups attached to an aromatic ring is 1. The van der Waals surface area contributed by atoms with Gasteiger partial charge in [0.15, 0.2) is 0 Å². The molecule has 82 valence electrons. The summed E-state index contributed by atoms with van der Waals surface area (Å²) in [5.41, 5.74) is 9.41. The Kier molecular flexibility index (Phi) is 1.45. The molecule has 3 aliphatic rings. The highest BCUT2D eigenvalue weighted by molar-refractivity contribution is 5.92. The molecule has 4 heterocycles. The predicted molar refractivity (Wildman–Crippen MR) is 66.9 cm³/mol. The van der Waals surface area contributed by atoms with Crippen molar-refractivity contribution in [2.45, 2.75) is 18.8 Å². The van der Waals surface area contributed by atoms with E-state index in [-0.39, 0.29) is 0 Å². The molecule has 3 heteroatoms. The third-order valence-electron chi connectivity index (χ3n) is 4.06. The maximum atomic E-state index is 5.83. The molecule has 0 aliphatic carbocycles. The van der Waals surface area contributed by atoms with Gasteiger partial charge in [0.1, 0.15) is 5.82 Å². The monoisotopic (exact) mass is 213 g/mol. The predicted octanol–water partition coefficient (Wildman–Crippen LogP) is 2.45. The summed E-state index contributed by atoms with van der Waals surface area (Å²) in [7, 11) is 0. The molecule has 1 fully saturated rings. The van der Waals surface area contributed by atoms with Crippen molar-refractivity contribution in [3.8, 4) is 0 Å². The number of hydrogen-bond donors (Lipinski definition) is 2. The van der Waals surface area contributed by atoms with Crippen molar-refractivity contribution >= 4 is 22.4 Å². The van der Waals surface area contributed by atoms with Gasteiger partial charge >= 0.3 is 0 Å². The van der Waals surface area contributed by atoms with E-state index in [0.717, 1.165) is 11.6 Å². The SMILES string of the molecule is Nc1ccc2c3c([nH]c2c1)N1CCC3CC1. The van der Waals surface area contributed by atoms with Gasteiger partial charge in [-0.1, -0.05) is 6.07 Å². The lowest BCUT2D eigenvalue weighted by Gasteiger charge is -2.40. The summed E-state index contributed by atoms with van der Waals surface area (Å²) in [6, 6.07) is 6.23. The Morgan fingerprint density at radius 3 is 2.88 bits per heavy atom. The van der Waals surface area contributed by atoms with Gasteiger partial charge in [0.2, 0.25) is 0 Å². The Labute approximate surface area is 94.2 Å². The molecule has 1 saturated heterocycles. The summed E-state index contributed by atoms with van der Waals surface area (Å²) < 4.78 is 0. The van der Waals surface area contributed by atoms with Crippen LogP contribution in [0.25, 0.3) is 10.9 Å². The Morgan fingerprint density at radius 2 is 2.06 bits per heavy atom. The first-order chi connectivity index (χ1) is 7.83. The topological polar surface area (TPSA) is 45.1 Å².